The normalized spacial score (nSPS) is 29.3. The van der Waals surface area contributed by atoms with Crippen molar-refractivity contribution in [3.63, 3.8) is 0 Å². The molecule has 0 aromatic carbocycles. The van der Waals surface area contributed by atoms with E-state index in [1.165, 1.54) is 18.3 Å². The molecule has 0 bridgehead atoms. The van der Waals surface area contributed by atoms with Crippen LogP contribution in [0.15, 0.2) is 47.1 Å². The van der Waals surface area contributed by atoms with E-state index in [1.54, 1.807) is 6.07 Å². The van der Waals surface area contributed by atoms with Gasteiger partial charge in [0.05, 0.1) is 36.3 Å². The number of pyridine rings is 1. The molecule has 4 aliphatic rings. The first-order chi connectivity index (χ1) is 18.3. The van der Waals surface area contributed by atoms with Crippen LogP contribution >= 0.6 is 0 Å². The molecule has 0 radical (unpaired) electrons. The van der Waals surface area contributed by atoms with Gasteiger partial charge in [0, 0.05) is 38.5 Å². The van der Waals surface area contributed by atoms with E-state index in [0.29, 0.717) is 32.3 Å². The second-order valence-electron chi connectivity index (χ2n) is 9.81. The fourth-order valence-electron chi connectivity index (χ4n) is 5.20. The van der Waals surface area contributed by atoms with Crippen LogP contribution in [-0.2, 0) is 20.9 Å². The lowest BCUT2D eigenvalue weighted by molar-refractivity contribution is -0.121. The van der Waals surface area contributed by atoms with E-state index in [1.807, 2.05) is 0 Å². The van der Waals surface area contributed by atoms with Crippen molar-refractivity contribution < 1.29 is 31.8 Å². The molecular formula is C25H30F4N6O3. The molecule has 3 saturated heterocycles. The van der Waals surface area contributed by atoms with Crippen LogP contribution in [0.1, 0.15) is 18.4 Å². The zero-order chi connectivity index (χ0) is 26.7. The number of nitrogens with zero attached hydrogens (tertiary/aromatic N) is 3. The van der Waals surface area contributed by atoms with Gasteiger partial charge in [-0.05, 0) is 24.5 Å². The number of nitrogens with one attached hydrogen (secondary N) is 3. The summed E-state index contributed by atoms with van der Waals surface area (Å²) in [6.07, 6.45) is 2.03. The number of allylic oxidation sites excluding steroid dienone is 2. The molecule has 4 atom stereocenters. The summed E-state index contributed by atoms with van der Waals surface area (Å²) in [5.41, 5.74) is 5.66. The van der Waals surface area contributed by atoms with Gasteiger partial charge < -0.3 is 20.2 Å². The highest BCUT2D eigenvalue weighted by molar-refractivity contribution is 5.91. The SMILES string of the molecule is O=C(CN=C1NNC2C=CC(C(F)(F)F)=CC12)NC1CN(C2CCOCC2)C[C@@H]1OCc1ccc(F)nc1. The summed E-state index contributed by atoms with van der Waals surface area (Å²) < 4.78 is 64.2. The highest BCUT2D eigenvalue weighted by Gasteiger charge is 2.40. The van der Waals surface area contributed by atoms with Crippen LogP contribution in [0.3, 0.4) is 0 Å². The molecule has 13 heteroatoms. The lowest BCUT2D eigenvalue weighted by atomic mass is 9.92. The Labute approximate surface area is 217 Å². The maximum absolute atomic E-state index is 13.2. The van der Waals surface area contributed by atoms with E-state index in [0.717, 1.165) is 30.6 Å². The summed E-state index contributed by atoms with van der Waals surface area (Å²) in [5.74, 6) is -1.28. The zero-order valence-electron chi connectivity index (χ0n) is 20.6. The number of alkyl halides is 3. The van der Waals surface area contributed by atoms with Crippen molar-refractivity contribution in [2.24, 2.45) is 10.9 Å². The number of likely N-dealkylation sites (tertiary alicyclic amines) is 1. The van der Waals surface area contributed by atoms with Gasteiger partial charge >= 0.3 is 6.18 Å². The van der Waals surface area contributed by atoms with Crippen molar-refractivity contribution in [3.8, 4) is 0 Å². The van der Waals surface area contributed by atoms with Gasteiger partial charge in [-0.25, -0.2) is 10.4 Å². The van der Waals surface area contributed by atoms with E-state index in [2.05, 4.69) is 31.0 Å². The molecule has 1 amide bonds. The van der Waals surface area contributed by atoms with Crippen LogP contribution in [-0.4, -0.2) is 84.9 Å². The number of halogens is 4. The monoisotopic (exact) mass is 538 g/mol. The summed E-state index contributed by atoms with van der Waals surface area (Å²) >= 11 is 0. The molecule has 9 nitrogen and oxygen atoms in total. The zero-order valence-corrected chi connectivity index (χ0v) is 20.6. The number of aliphatic imine (C=N–C) groups is 1. The number of ether oxygens (including phenoxy) is 2. The number of hydrogen-bond donors (Lipinski definition) is 3. The Morgan fingerprint density at radius 2 is 2.08 bits per heavy atom. The summed E-state index contributed by atoms with van der Waals surface area (Å²) in [5, 5.41) is 3.00. The van der Waals surface area contributed by atoms with Crippen LogP contribution in [0.2, 0.25) is 0 Å². The average molecular weight is 539 g/mol. The first kappa shape index (κ1) is 26.7. The Hall–Kier alpha value is -2.87. The third kappa shape index (κ3) is 6.40. The van der Waals surface area contributed by atoms with Crippen molar-refractivity contribution in [1.29, 1.82) is 0 Å². The van der Waals surface area contributed by atoms with Crippen molar-refractivity contribution in [1.82, 2.24) is 26.1 Å². The molecule has 5 rings (SSSR count). The molecule has 3 unspecified atom stereocenters. The van der Waals surface area contributed by atoms with E-state index < -0.39 is 23.6 Å². The van der Waals surface area contributed by atoms with E-state index >= 15 is 0 Å². The minimum Gasteiger partial charge on any atom is -0.381 e. The summed E-state index contributed by atoms with van der Waals surface area (Å²) in [6, 6.07) is 2.52. The molecule has 0 spiro atoms. The van der Waals surface area contributed by atoms with Crippen LogP contribution in [0.25, 0.3) is 0 Å². The Morgan fingerprint density at radius 1 is 1.26 bits per heavy atom. The van der Waals surface area contributed by atoms with Gasteiger partial charge in [0.15, 0.2) is 0 Å². The van der Waals surface area contributed by atoms with Crippen LogP contribution in [0.4, 0.5) is 17.6 Å². The predicted octanol–water partition coefficient (Wildman–Crippen LogP) is 1.63. The predicted molar refractivity (Wildman–Crippen MR) is 129 cm³/mol. The van der Waals surface area contributed by atoms with Gasteiger partial charge in [0.1, 0.15) is 12.4 Å². The van der Waals surface area contributed by atoms with Gasteiger partial charge in [0.2, 0.25) is 11.9 Å². The summed E-state index contributed by atoms with van der Waals surface area (Å²) in [4.78, 5) is 23.1. The Kier molecular flexibility index (Phi) is 8.07. The third-order valence-electron chi connectivity index (χ3n) is 7.23. The summed E-state index contributed by atoms with van der Waals surface area (Å²) in [6.45, 7) is 2.55. The van der Waals surface area contributed by atoms with E-state index in [-0.39, 0.29) is 43.1 Å². The minimum absolute atomic E-state index is 0.217. The Bertz CT molecular complexity index is 1090. The molecule has 3 fully saturated rings. The number of carbonyl (C=O) groups is 1. The number of amides is 1. The number of carbonyl (C=O) groups excluding carboxylic acids is 1. The van der Waals surface area contributed by atoms with Gasteiger partial charge in [-0.3, -0.25) is 14.7 Å². The molecule has 3 aliphatic heterocycles. The second-order valence-corrected chi connectivity index (χ2v) is 9.81. The van der Waals surface area contributed by atoms with Crippen LogP contribution < -0.4 is 16.2 Å². The lowest BCUT2D eigenvalue weighted by Crippen LogP contribution is -2.45. The lowest BCUT2D eigenvalue weighted by Gasteiger charge is -2.30. The number of fused-ring (bicyclic) bond motifs is 1. The molecule has 1 aromatic heterocycles. The van der Waals surface area contributed by atoms with Gasteiger partial charge in [-0.1, -0.05) is 24.3 Å². The topological polar surface area (TPSA) is 100 Å². The molecule has 1 aromatic rings. The highest BCUT2D eigenvalue weighted by Crippen LogP contribution is 2.32. The van der Waals surface area contributed by atoms with Crippen molar-refractivity contribution in [3.05, 3.63) is 53.6 Å². The molecule has 3 N–H and O–H groups in total. The molecular weight excluding hydrogens is 508 g/mol. The van der Waals surface area contributed by atoms with Crippen molar-refractivity contribution in [2.75, 3.05) is 32.8 Å². The molecule has 206 valence electrons. The maximum atomic E-state index is 13.2. The van der Waals surface area contributed by atoms with Crippen LogP contribution in [0.5, 0.6) is 0 Å². The van der Waals surface area contributed by atoms with Gasteiger partial charge in [-0.2, -0.15) is 17.6 Å². The largest absolute Gasteiger partial charge is 0.416 e. The molecule has 4 heterocycles. The fraction of sp³-hybridized carbons (Fsp3) is 0.560. The third-order valence-corrected chi connectivity index (χ3v) is 7.23. The Balaban J connectivity index is 1.21. The first-order valence-electron chi connectivity index (χ1n) is 12.6. The molecule has 0 saturated carbocycles. The van der Waals surface area contributed by atoms with Crippen LogP contribution in [0, 0.1) is 11.9 Å². The maximum Gasteiger partial charge on any atom is 0.416 e. The second kappa shape index (κ2) is 11.5. The number of hydrogen-bond acceptors (Lipinski definition) is 7. The van der Waals surface area contributed by atoms with E-state index in [4.69, 9.17) is 9.47 Å². The average Bonchev–Trinajstić information content (AvgIpc) is 3.50. The first-order valence-corrected chi connectivity index (χ1v) is 12.6. The van der Waals surface area contributed by atoms with Gasteiger partial charge in [-0.15, -0.1) is 0 Å². The minimum atomic E-state index is -4.45. The molecule has 38 heavy (non-hydrogen) atoms. The number of amidine groups is 1. The molecule has 1 aliphatic carbocycles. The van der Waals surface area contributed by atoms with Crippen molar-refractivity contribution >= 4 is 11.7 Å². The number of rotatable bonds is 7. The highest BCUT2D eigenvalue weighted by atomic mass is 19.4. The number of aromatic nitrogens is 1. The smallest absolute Gasteiger partial charge is 0.381 e. The fourth-order valence-corrected chi connectivity index (χ4v) is 5.20. The van der Waals surface area contributed by atoms with Gasteiger partial charge in [0.25, 0.3) is 0 Å². The number of hydrazine groups is 1. The Morgan fingerprint density at radius 3 is 2.82 bits per heavy atom. The van der Waals surface area contributed by atoms with E-state index in [9.17, 15) is 22.4 Å². The quantitative estimate of drug-likeness (QED) is 0.359. The van der Waals surface area contributed by atoms with Crippen molar-refractivity contribution in [2.45, 2.75) is 49.9 Å². The standard InChI is InChI=1S/C25H30F4N6O3/c26-22-4-1-15(10-30-22)14-38-21-13-35(17-5-7-37-8-6-17)12-20(21)32-23(36)11-31-24-18-9-16(25(27,28)29)2-3-19(18)33-34-24/h1-4,9-10,17-21,33H,5-8,11-14H2,(H,31,34)(H,32,36)/t18?,19?,20?,21-/m0/s1. The summed E-state index contributed by atoms with van der Waals surface area (Å²) in [7, 11) is 0.